The summed E-state index contributed by atoms with van der Waals surface area (Å²) >= 11 is 0. The molecular formula is C19H36O4. The van der Waals surface area contributed by atoms with Gasteiger partial charge in [0.25, 0.3) is 0 Å². The molecule has 0 aromatic rings. The monoisotopic (exact) mass is 328 g/mol. The summed E-state index contributed by atoms with van der Waals surface area (Å²) < 4.78 is 24.9. The van der Waals surface area contributed by atoms with Gasteiger partial charge in [-0.25, -0.2) is 0 Å². The normalized spacial score (nSPS) is 36.8. The Morgan fingerprint density at radius 3 is 1.96 bits per heavy atom. The van der Waals surface area contributed by atoms with Gasteiger partial charge in [0.1, 0.15) is 0 Å². The third-order valence-corrected chi connectivity index (χ3v) is 5.13. The lowest BCUT2D eigenvalue weighted by molar-refractivity contribution is -0.420. The summed E-state index contributed by atoms with van der Waals surface area (Å²) in [6.07, 6.45) is 3.97. The van der Waals surface area contributed by atoms with Gasteiger partial charge in [0.05, 0.1) is 26.4 Å². The maximum atomic E-state index is 6.38. The van der Waals surface area contributed by atoms with Crippen molar-refractivity contribution < 1.29 is 18.9 Å². The first-order chi connectivity index (χ1) is 10.8. The largest absolute Gasteiger partial charge is 0.347 e. The topological polar surface area (TPSA) is 36.9 Å². The summed E-state index contributed by atoms with van der Waals surface area (Å²) in [5.74, 6) is -0.523. The highest BCUT2D eigenvalue weighted by Crippen LogP contribution is 2.43. The lowest BCUT2D eigenvalue weighted by atomic mass is 9.84. The SMILES string of the molecule is CCCC(C)C1(C2OCC(C)(C)CO2)OCC(C)(CCC)CO1. The molecule has 2 saturated heterocycles. The fraction of sp³-hybridized carbons (Fsp3) is 1.00. The van der Waals surface area contributed by atoms with Crippen LogP contribution in [0.25, 0.3) is 0 Å². The predicted octanol–water partition coefficient (Wildman–Crippen LogP) is 4.37. The Bertz CT molecular complexity index is 362. The Balaban J connectivity index is 2.12. The minimum Gasteiger partial charge on any atom is -0.347 e. The molecule has 1 atom stereocenters. The molecule has 0 saturated carbocycles. The molecular weight excluding hydrogens is 292 g/mol. The zero-order chi connectivity index (χ0) is 17.1. The van der Waals surface area contributed by atoms with Gasteiger partial charge in [-0.3, -0.25) is 0 Å². The van der Waals surface area contributed by atoms with Gasteiger partial charge < -0.3 is 18.9 Å². The second-order valence-electron chi connectivity index (χ2n) is 8.67. The van der Waals surface area contributed by atoms with Gasteiger partial charge in [-0.05, 0) is 12.8 Å². The van der Waals surface area contributed by atoms with Crippen LogP contribution in [0, 0.1) is 16.7 Å². The molecule has 2 aliphatic heterocycles. The highest BCUT2D eigenvalue weighted by molar-refractivity contribution is 4.90. The average molecular weight is 328 g/mol. The second kappa shape index (κ2) is 7.38. The van der Waals surface area contributed by atoms with E-state index in [1.165, 1.54) is 0 Å². The average Bonchev–Trinajstić information content (AvgIpc) is 2.49. The maximum absolute atomic E-state index is 6.38. The number of rotatable bonds is 6. The van der Waals surface area contributed by atoms with Gasteiger partial charge in [0, 0.05) is 16.7 Å². The van der Waals surface area contributed by atoms with Gasteiger partial charge in [-0.1, -0.05) is 54.4 Å². The minimum atomic E-state index is -0.764. The van der Waals surface area contributed by atoms with Crippen molar-refractivity contribution in [1.82, 2.24) is 0 Å². The number of ether oxygens (including phenoxy) is 4. The van der Waals surface area contributed by atoms with Gasteiger partial charge in [-0.2, -0.15) is 0 Å². The molecule has 0 aliphatic carbocycles. The molecule has 0 aromatic heterocycles. The highest BCUT2D eigenvalue weighted by Gasteiger charge is 2.54. The van der Waals surface area contributed by atoms with Gasteiger partial charge in [0.15, 0.2) is 0 Å². The van der Waals surface area contributed by atoms with Crippen LogP contribution in [0.3, 0.4) is 0 Å². The molecule has 1 unspecified atom stereocenters. The predicted molar refractivity (Wildman–Crippen MR) is 91.2 cm³/mol. The van der Waals surface area contributed by atoms with Crippen LogP contribution in [0.5, 0.6) is 0 Å². The summed E-state index contributed by atoms with van der Waals surface area (Å²) in [5, 5.41) is 0. The lowest BCUT2D eigenvalue weighted by Gasteiger charge is -2.52. The van der Waals surface area contributed by atoms with Crippen LogP contribution in [-0.2, 0) is 18.9 Å². The Hall–Kier alpha value is -0.160. The van der Waals surface area contributed by atoms with Crippen LogP contribution in [0.15, 0.2) is 0 Å². The lowest BCUT2D eigenvalue weighted by Crippen LogP contribution is -2.62. The van der Waals surface area contributed by atoms with Crippen LogP contribution in [-0.4, -0.2) is 38.5 Å². The zero-order valence-electron chi connectivity index (χ0n) is 15.9. The summed E-state index contributed by atoms with van der Waals surface area (Å²) in [6.45, 7) is 15.9. The first kappa shape index (κ1) is 19.2. The Morgan fingerprint density at radius 2 is 1.48 bits per heavy atom. The fourth-order valence-electron chi connectivity index (χ4n) is 3.62. The standard InChI is InChI=1S/C19H36O4/c1-7-9-15(3)19(16-20-11-17(4,5)12-21-16)22-13-18(6,10-8-2)14-23-19/h15-16H,7-14H2,1-6H3. The second-order valence-corrected chi connectivity index (χ2v) is 8.67. The van der Waals surface area contributed by atoms with E-state index in [1.807, 2.05) is 0 Å². The van der Waals surface area contributed by atoms with Gasteiger partial charge >= 0.3 is 0 Å². The molecule has 2 rings (SSSR count). The van der Waals surface area contributed by atoms with E-state index in [-0.39, 0.29) is 16.7 Å². The van der Waals surface area contributed by atoms with E-state index in [0.29, 0.717) is 26.4 Å². The van der Waals surface area contributed by atoms with E-state index in [0.717, 1.165) is 25.7 Å². The van der Waals surface area contributed by atoms with Gasteiger partial charge in [0.2, 0.25) is 12.1 Å². The number of hydrogen-bond donors (Lipinski definition) is 0. The Morgan fingerprint density at radius 1 is 0.913 bits per heavy atom. The maximum Gasteiger partial charge on any atom is 0.223 e. The molecule has 2 fully saturated rings. The summed E-state index contributed by atoms with van der Waals surface area (Å²) in [6, 6.07) is 0. The molecule has 0 N–H and O–H groups in total. The third-order valence-electron chi connectivity index (χ3n) is 5.13. The molecule has 0 spiro atoms. The van der Waals surface area contributed by atoms with E-state index < -0.39 is 12.1 Å². The van der Waals surface area contributed by atoms with Crippen molar-refractivity contribution in [3.05, 3.63) is 0 Å². The fourth-order valence-corrected chi connectivity index (χ4v) is 3.62. The molecule has 0 radical (unpaired) electrons. The molecule has 2 aliphatic rings. The Kier molecular flexibility index (Phi) is 6.15. The van der Waals surface area contributed by atoms with E-state index in [9.17, 15) is 0 Å². The van der Waals surface area contributed by atoms with Crippen LogP contribution in [0.4, 0.5) is 0 Å². The molecule has 4 heteroatoms. The van der Waals surface area contributed by atoms with E-state index in [1.54, 1.807) is 0 Å². The summed E-state index contributed by atoms with van der Waals surface area (Å²) in [7, 11) is 0. The first-order valence-corrected chi connectivity index (χ1v) is 9.28. The van der Waals surface area contributed by atoms with E-state index in [4.69, 9.17) is 18.9 Å². The molecule has 0 aromatic carbocycles. The van der Waals surface area contributed by atoms with Crippen molar-refractivity contribution in [2.75, 3.05) is 26.4 Å². The van der Waals surface area contributed by atoms with Gasteiger partial charge in [-0.15, -0.1) is 0 Å². The number of hydrogen-bond acceptors (Lipinski definition) is 4. The Labute approximate surface area is 142 Å². The molecule has 0 amide bonds. The van der Waals surface area contributed by atoms with Crippen LogP contribution < -0.4 is 0 Å². The summed E-state index contributed by atoms with van der Waals surface area (Å²) in [5.41, 5.74) is 0.148. The van der Waals surface area contributed by atoms with Crippen molar-refractivity contribution >= 4 is 0 Å². The third kappa shape index (κ3) is 4.28. The van der Waals surface area contributed by atoms with Crippen molar-refractivity contribution in [2.45, 2.75) is 79.3 Å². The molecule has 136 valence electrons. The first-order valence-electron chi connectivity index (χ1n) is 9.28. The van der Waals surface area contributed by atoms with Crippen molar-refractivity contribution in [2.24, 2.45) is 16.7 Å². The summed E-state index contributed by atoms with van der Waals surface area (Å²) in [4.78, 5) is 0. The molecule has 4 nitrogen and oxygen atoms in total. The smallest absolute Gasteiger partial charge is 0.223 e. The van der Waals surface area contributed by atoms with E-state index >= 15 is 0 Å². The van der Waals surface area contributed by atoms with Crippen LogP contribution in [0.2, 0.25) is 0 Å². The van der Waals surface area contributed by atoms with Crippen LogP contribution in [0.1, 0.15) is 67.2 Å². The van der Waals surface area contributed by atoms with Crippen molar-refractivity contribution in [1.29, 1.82) is 0 Å². The van der Waals surface area contributed by atoms with Crippen LogP contribution >= 0.6 is 0 Å². The minimum absolute atomic E-state index is 0.0527. The van der Waals surface area contributed by atoms with E-state index in [2.05, 4.69) is 41.5 Å². The molecule has 0 bridgehead atoms. The zero-order valence-corrected chi connectivity index (χ0v) is 15.9. The quantitative estimate of drug-likeness (QED) is 0.725. The van der Waals surface area contributed by atoms with Crippen molar-refractivity contribution in [3.63, 3.8) is 0 Å². The van der Waals surface area contributed by atoms with Crippen molar-refractivity contribution in [3.8, 4) is 0 Å². The molecule has 2 heterocycles. The highest BCUT2D eigenvalue weighted by atomic mass is 16.8. The molecule has 23 heavy (non-hydrogen) atoms.